The topological polar surface area (TPSA) is 35.9 Å². The molecule has 1 aliphatic rings. The minimum absolute atomic E-state index is 0. The monoisotopic (exact) mass is 424 g/mol. The van der Waals surface area contributed by atoms with Gasteiger partial charge in [0.25, 0.3) is 0 Å². The van der Waals surface area contributed by atoms with Gasteiger partial charge in [0.15, 0.2) is 0 Å². The third kappa shape index (κ3) is 7.51. The first-order valence-corrected chi connectivity index (χ1v) is 9.66. The number of β-amino-alcohol motifs (C(OH)–C–C–N with tert-alkyl or cyclic N) is 1. The average molecular weight is 425 g/mol. The molecule has 0 aromatic heterocycles. The molecule has 1 heterocycles. The molecule has 3 rings (SSSR count). The van der Waals surface area contributed by atoms with Crippen LogP contribution >= 0.6 is 0 Å². The minimum atomic E-state index is -0.464. The molecule has 1 atom stereocenters. The van der Waals surface area contributed by atoms with Crippen LogP contribution in [0.4, 0.5) is 5.69 Å². The molecular formula is C22H30Cl2N2O2-2. The molecule has 28 heavy (non-hydrogen) atoms. The van der Waals surface area contributed by atoms with Gasteiger partial charge < -0.3 is 39.6 Å². The largest absolute Gasteiger partial charge is 1.00 e. The van der Waals surface area contributed by atoms with Gasteiger partial charge in [-0.05, 0) is 36.2 Å². The lowest BCUT2D eigenvalue weighted by atomic mass is 10.1. The molecule has 2 aromatic rings. The van der Waals surface area contributed by atoms with E-state index in [2.05, 4.69) is 53.1 Å². The number of aryl methyl sites for hydroxylation is 1. The van der Waals surface area contributed by atoms with Crippen molar-refractivity contribution in [3.63, 3.8) is 0 Å². The predicted octanol–water partition coefficient (Wildman–Crippen LogP) is -2.79. The summed E-state index contributed by atoms with van der Waals surface area (Å²) in [5, 5.41) is 10.3. The van der Waals surface area contributed by atoms with Crippen molar-refractivity contribution in [2.45, 2.75) is 25.9 Å². The summed E-state index contributed by atoms with van der Waals surface area (Å²) in [5.74, 6) is 0.831. The first-order chi connectivity index (χ1) is 12.7. The van der Waals surface area contributed by atoms with Gasteiger partial charge in [-0.15, -0.1) is 0 Å². The Morgan fingerprint density at radius 1 is 0.929 bits per heavy atom. The summed E-state index contributed by atoms with van der Waals surface area (Å²) < 4.78 is 5.75. The third-order valence-corrected chi connectivity index (χ3v) is 4.87. The van der Waals surface area contributed by atoms with Crippen LogP contribution in [0.1, 0.15) is 18.9 Å². The first-order valence-electron chi connectivity index (χ1n) is 9.66. The van der Waals surface area contributed by atoms with E-state index in [1.165, 1.54) is 11.3 Å². The highest BCUT2D eigenvalue weighted by Gasteiger charge is 2.19. The van der Waals surface area contributed by atoms with E-state index < -0.39 is 6.10 Å². The normalized spacial score (nSPS) is 15.3. The van der Waals surface area contributed by atoms with Crippen LogP contribution in [0.15, 0.2) is 54.6 Å². The SMILES string of the molecule is CCCc1ccc(OCC(O)CN2CCN(c3ccccc3)CC2)cc1.[Cl-].[Cl-]. The van der Waals surface area contributed by atoms with E-state index in [4.69, 9.17) is 4.74 Å². The lowest BCUT2D eigenvalue weighted by molar-refractivity contribution is -0.00100. The Bertz CT molecular complexity index is 647. The van der Waals surface area contributed by atoms with Gasteiger partial charge in [-0.25, -0.2) is 0 Å². The van der Waals surface area contributed by atoms with Crippen LogP contribution in [0.5, 0.6) is 5.75 Å². The maximum atomic E-state index is 10.3. The summed E-state index contributed by atoms with van der Waals surface area (Å²) in [7, 11) is 0. The molecule has 1 unspecified atom stereocenters. The molecule has 1 aliphatic heterocycles. The number of aliphatic hydroxyl groups excluding tert-OH is 1. The third-order valence-electron chi connectivity index (χ3n) is 4.87. The molecule has 0 saturated carbocycles. The van der Waals surface area contributed by atoms with E-state index in [1.807, 2.05) is 18.2 Å². The molecule has 0 radical (unpaired) electrons. The fraction of sp³-hybridized carbons (Fsp3) is 0.455. The molecule has 4 nitrogen and oxygen atoms in total. The fourth-order valence-corrected chi connectivity index (χ4v) is 3.41. The summed E-state index contributed by atoms with van der Waals surface area (Å²) in [5.41, 5.74) is 2.61. The van der Waals surface area contributed by atoms with Crippen LogP contribution in [0.3, 0.4) is 0 Å². The zero-order chi connectivity index (χ0) is 18.2. The first kappa shape index (κ1) is 24.6. The van der Waals surface area contributed by atoms with Crippen LogP contribution in [-0.4, -0.2) is 55.4 Å². The number of para-hydroxylation sites is 1. The van der Waals surface area contributed by atoms with E-state index in [-0.39, 0.29) is 24.8 Å². The number of piperazine rings is 1. The predicted molar refractivity (Wildman–Crippen MR) is 107 cm³/mol. The Kier molecular flexibility index (Phi) is 11.3. The molecule has 1 saturated heterocycles. The second-order valence-corrected chi connectivity index (χ2v) is 6.98. The maximum Gasteiger partial charge on any atom is 0.119 e. The molecule has 1 N–H and O–H groups in total. The average Bonchev–Trinajstić information content (AvgIpc) is 2.69. The Balaban J connectivity index is 0.00000196. The summed E-state index contributed by atoms with van der Waals surface area (Å²) in [6.07, 6.45) is 1.78. The Labute approximate surface area is 181 Å². The Morgan fingerprint density at radius 3 is 2.18 bits per heavy atom. The fourth-order valence-electron chi connectivity index (χ4n) is 3.41. The van der Waals surface area contributed by atoms with Crippen molar-refractivity contribution in [3.8, 4) is 5.75 Å². The van der Waals surface area contributed by atoms with Crippen LogP contribution < -0.4 is 34.5 Å². The van der Waals surface area contributed by atoms with E-state index in [0.717, 1.165) is 44.8 Å². The number of ether oxygens (including phenoxy) is 1. The van der Waals surface area contributed by atoms with Crippen molar-refractivity contribution in [1.82, 2.24) is 4.90 Å². The van der Waals surface area contributed by atoms with Gasteiger partial charge in [0.05, 0.1) is 0 Å². The van der Waals surface area contributed by atoms with E-state index in [0.29, 0.717) is 13.2 Å². The van der Waals surface area contributed by atoms with Crippen LogP contribution in [0, 0.1) is 0 Å². The number of anilines is 1. The van der Waals surface area contributed by atoms with Gasteiger partial charge in [-0.3, -0.25) is 4.90 Å². The molecule has 0 spiro atoms. The number of aliphatic hydroxyl groups is 1. The summed E-state index contributed by atoms with van der Waals surface area (Å²) in [6.45, 7) is 7.12. The molecule has 0 amide bonds. The molecule has 156 valence electrons. The minimum Gasteiger partial charge on any atom is -1.00 e. The number of benzene rings is 2. The second kappa shape index (κ2) is 12.9. The van der Waals surface area contributed by atoms with E-state index >= 15 is 0 Å². The lowest BCUT2D eigenvalue weighted by Gasteiger charge is -2.36. The van der Waals surface area contributed by atoms with Crippen LogP contribution in [-0.2, 0) is 6.42 Å². The highest BCUT2D eigenvalue weighted by atomic mass is 35.5. The molecule has 1 fully saturated rings. The number of hydrogen-bond acceptors (Lipinski definition) is 4. The highest BCUT2D eigenvalue weighted by Crippen LogP contribution is 2.16. The summed E-state index contributed by atoms with van der Waals surface area (Å²) in [6, 6.07) is 18.7. The quantitative estimate of drug-likeness (QED) is 0.496. The molecular weight excluding hydrogens is 395 g/mol. The zero-order valence-electron chi connectivity index (χ0n) is 16.4. The number of hydrogen-bond donors (Lipinski definition) is 1. The summed E-state index contributed by atoms with van der Waals surface area (Å²) in [4.78, 5) is 4.72. The van der Waals surface area contributed by atoms with E-state index in [9.17, 15) is 5.11 Å². The zero-order valence-corrected chi connectivity index (χ0v) is 17.9. The smallest absolute Gasteiger partial charge is 0.119 e. The van der Waals surface area contributed by atoms with Crippen LogP contribution in [0.2, 0.25) is 0 Å². The standard InChI is InChI=1S/C22H30N2O2.2ClH/c1-2-6-19-9-11-22(12-10-19)26-18-21(25)17-23-13-15-24(16-14-23)20-7-4-3-5-8-20;;/h3-5,7-12,21,25H,2,6,13-18H2,1H3;2*1H/p-2. The molecule has 0 bridgehead atoms. The lowest BCUT2D eigenvalue weighted by Crippen LogP contribution is -3.00. The number of nitrogens with zero attached hydrogens (tertiary/aromatic N) is 2. The van der Waals surface area contributed by atoms with Crippen molar-refractivity contribution in [1.29, 1.82) is 0 Å². The van der Waals surface area contributed by atoms with Gasteiger partial charge in [-0.2, -0.15) is 0 Å². The van der Waals surface area contributed by atoms with Gasteiger partial charge in [0, 0.05) is 38.4 Å². The van der Waals surface area contributed by atoms with Gasteiger partial charge >= 0.3 is 0 Å². The van der Waals surface area contributed by atoms with Gasteiger partial charge in [0.2, 0.25) is 0 Å². The Morgan fingerprint density at radius 2 is 1.57 bits per heavy atom. The van der Waals surface area contributed by atoms with Crippen molar-refractivity contribution in [3.05, 3.63) is 60.2 Å². The molecule has 2 aromatic carbocycles. The van der Waals surface area contributed by atoms with Crippen molar-refractivity contribution < 1.29 is 34.7 Å². The molecule has 6 heteroatoms. The number of rotatable bonds is 8. The van der Waals surface area contributed by atoms with Crippen molar-refractivity contribution in [2.24, 2.45) is 0 Å². The van der Waals surface area contributed by atoms with E-state index in [1.54, 1.807) is 0 Å². The van der Waals surface area contributed by atoms with Crippen molar-refractivity contribution in [2.75, 3.05) is 44.2 Å². The van der Waals surface area contributed by atoms with Gasteiger partial charge in [-0.1, -0.05) is 43.7 Å². The maximum absolute atomic E-state index is 10.3. The molecule has 0 aliphatic carbocycles. The van der Waals surface area contributed by atoms with Gasteiger partial charge in [0.1, 0.15) is 18.5 Å². The highest BCUT2D eigenvalue weighted by molar-refractivity contribution is 5.46. The number of halogens is 2. The Hall–Kier alpha value is -1.46. The second-order valence-electron chi connectivity index (χ2n) is 6.98. The van der Waals surface area contributed by atoms with Crippen LogP contribution in [0.25, 0.3) is 0 Å². The summed E-state index contributed by atoms with van der Waals surface area (Å²) >= 11 is 0. The van der Waals surface area contributed by atoms with Crippen molar-refractivity contribution >= 4 is 5.69 Å².